The van der Waals surface area contributed by atoms with Crippen molar-refractivity contribution in [3.8, 4) is 11.6 Å². The summed E-state index contributed by atoms with van der Waals surface area (Å²) < 4.78 is 48.2. The lowest BCUT2D eigenvalue weighted by Gasteiger charge is -2.34. The molecule has 9 nitrogen and oxygen atoms in total. The van der Waals surface area contributed by atoms with Gasteiger partial charge in [-0.1, -0.05) is 19.1 Å². The van der Waals surface area contributed by atoms with Crippen molar-refractivity contribution in [2.45, 2.75) is 32.6 Å². The number of rotatable bonds is 6. The Morgan fingerprint density at radius 2 is 1.81 bits per heavy atom. The molecule has 4 aromatic rings. The molecule has 1 fully saturated rings. The largest absolute Gasteiger partial charge is 0.438 e. The second-order valence-electron chi connectivity index (χ2n) is 10.6. The monoisotopic (exact) mass is 579 g/mol. The van der Waals surface area contributed by atoms with E-state index in [0.29, 0.717) is 36.8 Å². The second-order valence-corrected chi connectivity index (χ2v) is 10.6. The van der Waals surface area contributed by atoms with Crippen LogP contribution in [0.2, 0.25) is 0 Å². The third-order valence-electron chi connectivity index (χ3n) is 7.98. The zero-order chi connectivity index (χ0) is 29.3. The molecule has 0 atom stereocenters. The van der Waals surface area contributed by atoms with Crippen LogP contribution in [0.5, 0.6) is 11.6 Å². The molecule has 2 aliphatic heterocycles. The number of carbonyl (C=O) groups excluding carboxylic acids is 1. The molecule has 2 amide bonds. The van der Waals surface area contributed by atoms with Gasteiger partial charge in [-0.05, 0) is 60.0 Å². The van der Waals surface area contributed by atoms with Gasteiger partial charge in [-0.2, -0.15) is 13.2 Å². The highest BCUT2D eigenvalue weighted by Gasteiger charge is 2.34. The number of likely N-dealkylation sites (N-methyl/N-ethyl adjacent to an activating group) is 1. The molecule has 0 bridgehead atoms. The molecule has 4 heterocycles. The van der Waals surface area contributed by atoms with E-state index in [4.69, 9.17) is 4.74 Å². The van der Waals surface area contributed by atoms with Gasteiger partial charge < -0.3 is 24.8 Å². The number of nitrogens with one attached hydrogen (secondary N) is 2. The van der Waals surface area contributed by atoms with Crippen LogP contribution in [0, 0.1) is 0 Å². The summed E-state index contributed by atoms with van der Waals surface area (Å²) in [5.41, 5.74) is 2.27. The van der Waals surface area contributed by atoms with E-state index in [0.717, 1.165) is 55.3 Å². The normalized spacial score (nSPS) is 16.4. The van der Waals surface area contributed by atoms with Crippen molar-refractivity contribution in [1.29, 1.82) is 0 Å². The van der Waals surface area contributed by atoms with Crippen LogP contribution in [0.3, 0.4) is 0 Å². The molecule has 1 saturated heterocycles. The number of anilines is 1. The number of hydrogen-bond donors (Lipinski definition) is 2. The summed E-state index contributed by atoms with van der Waals surface area (Å²) in [5, 5.41) is 3.44. The zero-order valence-electron chi connectivity index (χ0n) is 23.2. The molecule has 42 heavy (non-hydrogen) atoms. The van der Waals surface area contributed by atoms with Gasteiger partial charge in [0.25, 0.3) is 0 Å². The van der Waals surface area contributed by atoms with Crippen LogP contribution in [0.4, 0.5) is 23.7 Å². The van der Waals surface area contributed by atoms with Crippen LogP contribution < -0.4 is 10.1 Å². The molecule has 0 saturated carbocycles. The first-order valence-electron chi connectivity index (χ1n) is 14.1. The zero-order valence-corrected chi connectivity index (χ0v) is 23.2. The SMILES string of the molecule is CCN1CCN(Cc2ccc(NC(=O)N3CCc4ccc(Oc5ncnc6[nH]ccc56)cc4C3)cc2C(F)(F)F)CC1. The molecule has 6 rings (SSSR count). The van der Waals surface area contributed by atoms with E-state index in [-0.39, 0.29) is 17.8 Å². The fourth-order valence-corrected chi connectivity index (χ4v) is 5.57. The molecule has 0 aliphatic carbocycles. The quantitative estimate of drug-likeness (QED) is 0.314. The number of piperazine rings is 1. The first-order valence-corrected chi connectivity index (χ1v) is 14.1. The average molecular weight is 580 g/mol. The number of fused-ring (bicyclic) bond motifs is 2. The molecule has 2 N–H and O–H groups in total. The first-order chi connectivity index (χ1) is 20.3. The molecule has 0 spiro atoms. The third-order valence-corrected chi connectivity index (χ3v) is 7.98. The Balaban J connectivity index is 1.13. The van der Waals surface area contributed by atoms with E-state index in [9.17, 15) is 18.0 Å². The van der Waals surface area contributed by atoms with Gasteiger partial charge in [0.1, 0.15) is 17.7 Å². The number of H-pyrrole nitrogens is 1. The van der Waals surface area contributed by atoms with Gasteiger partial charge >= 0.3 is 12.2 Å². The van der Waals surface area contributed by atoms with Gasteiger partial charge in [0.05, 0.1) is 10.9 Å². The number of urea groups is 1. The lowest BCUT2D eigenvalue weighted by Crippen LogP contribution is -2.45. The van der Waals surface area contributed by atoms with Gasteiger partial charge in [-0.15, -0.1) is 0 Å². The van der Waals surface area contributed by atoms with Crippen molar-refractivity contribution in [3.63, 3.8) is 0 Å². The minimum atomic E-state index is -4.53. The van der Waals surface area contributed by atoms with E-state index >= 15 is 0 Å². The maximum Gasteiger partial charge on any atom is 0.416 e. The van der Waals surface area contributed by atoms with Crippen LogP contribution >= 0.6 is 0 Å². The Labute approximate surface area is 241 Å². The Hall–Kier alpha value is -4.16. The summed E-state index contributed by atoms with van der Waals surface area (Å²) >= 11 is 0. The summed E-state index contributed by atoms with van der Waals surface area (Å²) in [4.78, 5) is 30.5. The second kappa shape index (κ2) is 11.6. The minimum absolute atomic E-state index is 0.119. The summed E-state index contributed by atoms with van der Waals surface area (Å²) in [6.45, 7) is 7.13. The molecule has 220 valence electrons. The summed E-state index contributed by atoms with van der Waals surface area (Å²) in [6, 6.07) is 11.2. The summed E-state index contributed by atoms with van der Waals surface area (Å²) in [6.07, 6.45) is -0.730. The van der Waals surface area contributed by atoms with Gasteiger partial charge in [0.15, 0.2) is 0 Å². The van der Waals surface area contributed by atoms with Crippen molar-refractivity contribution >= 4 is 22.8 Å². The molecule has 2 aromatic heterocycles. The minimum Gasteiger partial charge on any atom is -0.438 e. The van der Waals surface area contributed by atoms with Crippen molar-refractivity contribution in [2.24, 2.45) is 0 Å². The maximum absolute atomic E-state index is 14.0. The van der Waals surface area contributed by atoms with Gasteiger partial charge in [-0.3, -0.25) is 4.90 Å². The van der Waals surface area contributed by atoms with Crippen molar-refractivity contribution in [1.82, 2.24) is 29.7 Å². The number of benzene rings is 2. The van der Waals surface area contributed by atoms with E-state index < -0.39 is 17.8 Å². The van der Waals surface area contributed by atoms with Crippen molar-refractivity contribution in [3.05, 3.63) is 77.2 Å². The van der Waals surface area contributed by atoms with Gasteiger partial charge in [0.2, 0.25) is 5.88 Å². The Kier molecular flexibility index (Phi) is 7.74. The number of carbonyl (C=O) groups is 1. The van der Waals surface area contributed by atoms with Gasteiger partial charge in [-0.25, -0.2) is 14.8 Å². The van der Waals surface area contributed by atoms with E-state index in [1.54, 1.807) is 17.2 Å². The molecule has 0 unspecified atom stereocenters. The van der Waals surface area contributed by atoms with Crippen molar-refractivity contribution < 1.29 is 22.7 Å². The van der Waals surface area contributed by atoms with E-state index in [1.807, 2.05) is 29.2 Å². The maximum atomic E-state index is 14.0. The Morgan fingerprint density at radius 3 is 2.60 bits per heavy atom. The van der Waals surface area contributed by atoms with Gasteiger partial charge in [0, 0.05) is 57.7 Å². The standard InChI is InChI=1S/C30H32F3N7O2/c1-2-38-11-13-39(14-12-38)17-21-3-5-23(16-26(21)30(31,32)33)37-29(41)40-10-8-20-4-6-24(15-22(20)18-40)42-28-25-7-9-34-27(25)35-19-36-28/h3-7,9,15-16,19H,2,8,10-14,17-18H2,1H3,(H,37,41)(H,34,35,36). The predicted molar refractivity (Wildman–Crippen MR) is 152 cm³/mol. The molecule has 12 heteroatoms. The lowest BCUT2D eigenvalue weighted by atomic mass is 9.99. The number of aromatic nitrogens is 3. The third kappa shape index (κ3) is 6.04. The van der Waals surface area contributed by atoms with Crippen LogP contribution in [0.1, 0.15) is 29.2 Å². The number of aromatic amines is 1. The predicted octanol–water partition coefficient (Wildman–Crippen LogP) is 5.50. The highest BCUT2D eigenvalue weighted by Crippen LogP contribution is 2.35. The first kappa shape index (κ1) is 28.0. The van der Waals surface area contributed by atoms with Crippen LogP contribution in [-0.2, 0) is 25.7 Å². The van der Waals surface area contributed by atoms with Crippen LogP contribution in [0.15, 0.2) is 55.0 Å². The molecular weight excluding hydrogens is 547 g/mol. The number of nitrogens with zero attached hydrogens (tertiary/aromatic N) is 5. The Morgan fingerprint density at radius 1 is 1.00 bits per heavy atom. The van der Waals surface area contributed by atoms with Crippen molar-refractivity contribution in [2.75, 3.05) is 44.6 Å². The number of amides is 2. The lowest BCUT2D eigenvalue weighted by molar-refractivity contribution is -0.138. The van der Waals surface area contributed by atoms with Crippen LogP contribution in [-0.4, -0.2) is 75.0 Å². The Bertz CT molecular complexity index is 1580. The summed E-state index contributed by atoms with van der Waals surface area (Å²) in [7, 11) is 0. The number of ether oxygens (including phenoxy) is 1. The van der Waals surface area contributed by atoms with Crippen LogP contribution in [0.25, 0.3) is 11.0 Å². The summed E-state index contributed by atoms with van der Waals surface area (Å²) in [5.74, 6) is 0.984. The molecule has 0 radical (unpaired) electrons. The molecular formula is C30H32F3N7O2. The highest BCUT2D eigenvalue weighted by molar-refractivity contribution is 5.89. The fourth-order valence-electron chi connectivity index (χ4n) is 5.57. The molecule has 2 aromatic carbocycles. The molecule has 2 aliphatic rings. The fraction of sp³-hybridized carbons (Fsp3) is 0.367. The topological polar surface area (TPSA) is 89.6 Å². The van der Waals surface area contributed by atoms with E-state index in [1.165, 1.54) is 12.4 Å². The number of halogens is 3. The number of hydrogen-bond acceptors (Lipinski definition) is 6. The average Bonchev–Trinajstić information content (AvgIpc) is 3.47. The number of alkyl halides is 3. The smallest absolute Gasteiger partial charge is 0.416 e. The highest BCUT2D eigenvalue weighted by atomic mass is 19.4. The van der Waals surface area contributed by atoms with E-state index in [2.05, 4.69) is 32.1 Å².